The lowest BCUT2D eigenvalue weighted by Crippen LogP contribution is -2.40. The Morgan fingerprint density at radius 1 is 1.27 bits per heavy atom. The minimum absolute atomic E-state index is 0.224. The lowest BCUT2D eigenvalue weighted by atomic mass is 10.3. The summed E-state index contributed by atoms with van der Waals surface area (Å²) in [6.07, 6.45) is 6.74. The van der Waals surface area contributed by atoms with Crippen molar-refractivity contribution in [3.63, 3.8) is 0 Å². The van der Waals surface area contributed by atoms with Crippen LogP contribution in [0.3, 0.4) is 0 Å². The number of amides is 1. The van der Waals surface area contributed by atoms with Crippen LogP contribution in [0.5, 0.6) is 0 Å². The van der Waals surface area contributed by atoms with E-state index in [0.29, 0.717) is 36.4 Å². The monoisotopic (exact) mass is 422 g/mol. The van der Waals surface area contributed by atoms with Crippen LogP contribution in [-0.4, -0.2) is 46.4 Å². The van der Waals surface area contributed by atoms with Gasteiger partial charge in [0.15, 0.2) is 0 Å². The Balaban J connectivity index is 1.83. The van der Waals surface area contributed by atoms with E-state index in [2.05, 4.69) is 5.32 Å². The van der Waals surface area contributed by atoms with Crippen molar-refractivity contribution >= 4 is 44.8 Å². The van der Waals surface area contributed by atoms with Gasteiger partial charge in [-0.25, -0.2) is 8.42 Å². The number of rotatable bonds is 9. The highest BCUT2D eigenvalue weighted by Crippen LogP contribution is 2.28. The molecule has 0 aromatic heterocycles. The zero-order chi connectivity index (χ0) is 19.2. The molecule has 1 aromatic rings. The lowest BCUT2D eigenvalue weighted by molar-refractivity contribution is -0.119. The molecule has 1 fully saturated rings. The Bertz CT molecular complexity index is 721. The van der Waals surface area contributed by atoms with E-state index in [1.165, 1.54) is 31.0 Å². The first-order valence-corrected chi connectivity index (χ1v) is 11.2. The van der Waals surface area contributed by atoms with Crippen molar-refractivity contribution in [3.05, 3.63) is 28.2 Å². The molecule has 0 spiro atoms. The number of carbonyl (C=O) groups is 1. The number of hydrogen-bond donors (Lipinski definition) is 1. The second kappa shape index (κ2) is 9.78. The van der Waals surface area contributed by atoms with Crippen LogP contribution in [-0.2, 0) is 19.6 Å². The van der Waals surface area contributed by atoms with Crippen LogP contribution in [0.15, 0.2) is 18.2 Å². The number of nitrogens with one attached hydrogen (secondary N) is 1. The molecule has 26 heavy (non-hydrogen) atoms. The number of sulfonamides is 1. The van der Waals surface area contributed by atoms with Gasteiger partial charge in [-0.2, -0.15) is 0 Å². The van der Waals surface area contributed by atoms with Crippen molar-refractivity contribution in [1.82, 2.24) is 5.32 Å². The molecule has 0 aliphatic heterocycles. The first kappa shape index (κ1) is 21.3. The zero-order valence-electron chi connectivity index (χ0n) is 14.7. The maximum Gasteiger partial charge on any atom is 0.240 e. The molecule has 1 aliphatic rings. The SMILES string of the molecule is CS(=O)(=O)N(CC(=O)NCCCOC1CCCC1)c1ccc(Cl)c(Cl)c1. The van der Waals surface area contributed by atoms with Crippen LogP contribution >= 0.6 is 23.2 Å². The van der Waals surface area contributed by atoms with Gasteiger partial charge >= 0.3 is 0 Å². The number of halogens is 2. The highest BCUT2D eigenvalue weighted by Gasteiger charge is 2.21. The largest absolute Gasteiger partial charge is 0.378 e. The first-order chi connectivity index (χ1) is 12.3. The van der Waals surface area contributed by atoms with Crippen molar-refractivity contribution in [2.24, 2.45) is 0 Å². The molecule has 0 bridgehead atoms. The summed E-state index contributed by atoms with van der Waals surface area (Å²) in [7, 11) is -3.64. The second-order valence-corrected chi connectivity index (χ2v) is 9.07. The van der Waals surface area contributed by atoms with E-state index in [1.807, 2.05) is 0 Å². The Kier molecular flexibility index (Phi) is 8.01. The fourth-order valence-corrected chi connectivity index (χ4v) is 3.97. The van der Waals surface area contributed by atoms with Crippen LogP contribution < -0.4 is 9.62 Å². The molecule has 1 amide bonds. The average molecular weight is 423 g/mol. The normalized spacial score (nSPS) is 15.2. The molecule has 0 atom stereocenters. The molecule has 0 saturated heterocycles. The van der Waals surface area contributed by atoms with Crippen molar-refractivity contribution in [1.29, 1.82) is 0 Å². The molecule has 146 valence electrons. The summed E-state index contributed by atoms with van der Waals surface area (Å²) >= 11 is 11.8. The summed E-state index contributed by atoms with van der Waals surface area (Å²) in [5.41, 5.74) is 0.293. The Labute approximate surface area is 164 Å². The summed E-state index contributed by atoms with van der Waals surface area (Å²) in [5.74, 6) is -0.387. The lowest BCUT2D eigenvalue weighted by Gasteiger charge is -2.22. The Hall–Kier alpha value is -1.02. The zero-order valence-corrected chi connectivity index (χ0v) is 17.0. The first-order valence-electron chi connectivity index (χ1n) is 8.58. The summed E-state index contributed by atoms with van der Waals surface area (Å²) in [4.78, 5) is 12.1. The predicted octanol–water partition coefficient (Wildman–Crippen LogP) is 3.22. The Morgan fingerprint density at radius 3 is 2.58 bits per heavy atom. The van der Waals surface area contributed by atoms with E-state index in [1.54, 1.807) is 0 Å². The molecule has 0 radical (unpaired) electrons. The maximum absolute atomic E-state index is 12.1. The molecule has 1 N–H and O–H groups in total. The van der Waals surface area contributed by atoms with Gasteiger partial charge in [-0.3, -0.25) is 9.10 Å². The third kappa shape index (κ3) is 6.61. The molecule has 2 rings (SSSR count). The fourth-order valence-electron chi connectivity index (χ4n) is 2.83. The predicted molar refractivity (Wildman–Crippen MR) is 104 cm³/mol. The highest BCUT2D eigenvalue weighted by atomic mass is 35.5. The number of benzene rings is 1. The molecular formula is C17H24Cl2N2O4S. The maximum atomic E-state index is 12.1. The van der Waals surface area contributed by atoms with E-state index in [9.17, 15) is 13.2 Å². The number of carbonyl (C=O) groups excluding carboxylic acids is 1. The van der Waals surface area contributed by atoms with Crippen molar-refractivity contribution in [2.45, 2.75) is 38.2 Å². The van der Waals surface area contributed by atoms with Gasteiger partial charge in [-0.15, -0.1) is 0 Å². The van der Waals surface area contributed by atoms with Crippen LogP contribution in [0.2, 0.25) is 10.0 Å². The van der Waals surface area contributed by atoms with Gasteiger partial charge in [-0.1, -0.05) is 36.0 Å². The fraction of sp³-hybridized carbons (Fsp3) is 0.588. The van der Waals surface area contributed by atoms with Gasteiger partial charge in [-0.05, 0) is 37.5 Å². The summed E-state index contributed by atoms with van der Waals surface area (Å²) in [6.45, 7) is 0.707. The number of nitrogens with zero attached hydrogens (tertiary/aromatic N) is 1. The van der Waals surface area contributed by atoms with Crippen molar-refractivity contribution < 1.29 is 17.9 Å². The Morgan fingerprint density at radius 2 is 1.96 bits per heavy atom. The molecule has 1 saturated carbocycles. The molecule has 0 heterocycles. The van der Waals surface area contributed by atoms with Gasteiger partial charge in [0.1, 0.15) is 6.54 Å². The van der Waals surface area contributed by atoms with E-state index in [0.717, 1.165) is 23.4 Å². The summed E-state index contributed by atoms with van der Waals surface area (Å²) < 4.78 is 30.8. The smallest absolute Gasteiger partial charge is 0.240 e. The van der Waals surface area contributed by atoms with Crippen LogP contribution in [0.25, 0.3) is 0 Å². The van der Waals surface area contributed by atoms with Gasteiger partial charge in [0.05, 0.1) is 28.1 Å². The molecular weight excluding hydrogens is 399 g/mol. The standard InChI is InChI=1S/C17H24Cl2N2O4S/c1-26(23,24)21(13-7-8-15(18)16(19)11-13)12-17(22)20-9-4-10-25-14-5-2-3-6-14/h7-8,11,14H,2-6,9-10,12H2,1H3,(H,20,22). The molecule has 6 nitrogen and oxygen atoms in total. The van der Waals surface area contributed by atoms with Gasteiger partial charge in [0, 0.05) is 13.2 Å². The molecule has 1 aromatic carbocycles. The van der Waals surface area contributed by atoms with E-state index < -0.39 is 10.0 Å². The minimum atomic E-state index is -3.64. The van der Waals surface area contributed by atoms with Crippen molar-refractivity contribution in [2.75, 3.05) is 30.3 Å². The van der Waals surface area contributed by atoms with Crippen LogP contribution in [0.1, 0.15) is 32.1 Å². The van der Waals surface area contributed by atoms with Crippen LogP contribution in [0, 0.1) is 0 Å². The molecule has 9 heteroatoms. The summed E-state index contributed by atoms with van der Waals surface area (Å²) in [6, 6.07) is 4.43. The number of ether oxygens (including phenoxy) is 1. The van der Waals surface area contributed by atoms with Crippen LogP contribution in [0.4, 0.5) is 5.69 Å². The van der Waals surface area contributed by atoms with E-state index in [4.69, 9.17) is 27.9 Å². The van der Waals surface area contributed by atoms with Gasteiger partial charge in [0.2, 0.25) is 15.9 Å². The second-order valence-electron chi connectivity index (χ2n) is 6.35. The highest BCUT2D eigenvalue weighted by molar-refractivity contribution is 7.92. The van der Waals surface area contributed by atoms with E-state index in [-0.39, 0.29) is 17.5 Å². The molecule has 1 aliphatic carbocycles. The molecule has 0 unspecified atom stereocenters. The minimum Gasteiger partial charge on any atom is -0.378 e. The quantitative estimate of drug-likeness (QED) is 0.619. The third-order valence-electron chi connectivity index (χ3n) is 4.18. The average Bonchev–Trinajstić information content (AvgIpc) is 3.07. The van der Waals surface area contributed by atoms with Gasteiger partial charge < -0.3 is 10.1 Å². The third-order valence-corrected chi connectivity index (χ3v) is 6.06. The van der Waals surface area contributed by atoms with Gasteiger partial charge in [0.25, 0.3) is 0 Å². The van der Waals surface area contributed by atoms with E-state index >= 15 is 0 Å². The number of anilines is 1. The topological polar surface area (TPSA) is 75.7 Å². The number of hydrogen-bond acceptors (Lipinski definition) is 4. The summed E-state index contributed by atoms with van der Waals surface area (Å²) in [5, 5.41) is 3.26. The van der Waals surface area contributed by atoms with Crippen molar-refractivity contribution in [3.8, 4) is 0 Å².